The van der Waals surface area contributed by atoms with E-state index in [9.17, 15) is 5.11 Å². The molecule has 0 aliphatic heterocycles. The highest BCUT2D eigenvalue weighted by molar-refractivity contribution is 6.35. The molecule has 2 nitrogen and oxygen atoms in total. The second-order valence-corrected chi connectivity index (χ2v) is 6.64. The second kappa shape index (κ2) is 7.13. The molecular weight excluding hydrogens is 293 g/mol. The standard InChI is InChI=1S/C16H23Cl2NO/c1-2-15(13-7-6-12(17)10-14(13)18)19-11-16(20)8-4-3-5-9-16/h6-7,10,15,19-20H,2-5,8-9,11H2,1H3. The van der Waals surface area contributed by atoms with Crippen LogP contribution in [0.25, 0.3) is 0 Å². The van der Waals surface area contributed by atoms with E-state index in [2.05, 4.69) is 12.2 Å². The van der Waals surface area contributed by atoms with Gasteiger partial charge in [0.1, 0.15) is 0 Å². The molecule has 0 saturated heterocycles. The normalized spacial score (nSPS) is 19.8. The van der Waals surface area contributed by atoms with Crippen molar-refractivity contribution in [2.45, 2.75) is 57.1 Å². The molecule has 1 aliphatic rings. The van der Waals surface area contributed by atoms with Crippen LogP contribution in [0, 0.1) is 0 Å². The predicted molar refractivity (Wildman–Crippen MR) is 85.5 cm³/mol. The van der Waals surface area contributed by atoms with Gasteiger partial charge in [-0.1, -0.05) is 55.5 Å². The Labute approximate surface area is 131 Å². The molecule has 1 aromatic carbocycles. The van der Waals surface area contributed by atoms with Crippen molar-refractivity contribution in [3.63, 3.8) is 0 Å². The monoisotopic (exact) mass is 315 g/mol. The average molecular weight is 316 g/mol. The fraction of sp³-hybridized carbons (Fsp3) is 0.625. The Morgan fingerprint density at radius 2 is 1.95 bits per heavy atom. The van der Waals surface area contributed by atoms with E-state index in [1.54, 1.807) is 6.07 Å². The first-order valence-electron chi connectivity index (χ1n) is 7.45. The zero-order valence-corrected chi connectivity index (χ0v) is 13.5. The van der Waals surface area contributed by atoms with E-state index in [1.807, 2.05) is 12.1 Å². The smallest absolute Gasteiger partial charge is 0.0771 e. The molecule has 112 valence electrons. The fourth-order valence-corrected chi connectivity index (χ4v) is 3.50. The maximum atomic E-state index is 10.6. The number of hydrogen-bond acceptors (Lipinski definition) is 2. The van der Waals surface area contributed by atoms with E-state index >= 15 is 0 Å². The van der Waals surface area contributed by atoms with Crippen molar-refractivity contribution in [1.82, 2.24) is 5.32 Å². The molecule has 20 heavy (non-hydrogen) atoms. The van der Waals surface area contributed by atoms with Crippen LogP contribution in [0.1, 0.15) is 57.1 Å². The lowest BCUT2D eigenvalue weighted by Gasteiger charge is -2.34. The van der Waals surface area contributed by atoms with Gasteiger partial charge in [0.2, 0.25) is 0 Å². The fourth-order valence-electron chi connectivity index (χ4n) is 2.96. The summed E-state index contributed by atoms with van der Waals surface area (Å²) in [7, 11) is 0. The lowest BCUT2D eigenvalue weighted by atomic mass is 9.84. The van der Waals surface area contributed by atoms with E-state index in [1.165, 1.54) is 6.42 Å². The molecule has 0 radical (unpaired) electrons. The molecule has 2 N–H and O–H groups in total. The maximum Gasteiger partial charge on any atom is 0.0771 e. The first kappa shape index (κ1) is 16.1. The first-order valence-corrected chi connectivity index (χ1v) is 8.20. The van der Waals surface area contributed by atoms with Gasteiger partial charge >= 0.3 is 0 Å². The topological polar surface area (TPSA) is 32.3 Å². The quantitative estimate of drug-likeness (QED) is 0.823. The Balaban J connectivity index is 2.01. The predicted octanol–water partition coefficient (Wildman–Crippen LogP) is 4.73. The molecule has 1 saturated carbocycles. The summed E-state index contributed by atoms with van der Waals surface area (Å²) < 4.78 is 0. The van der Waals surface area contributed by atoms with E-state index < -0.39 is 5.60 Å². The van der Waals surface area contributed by atoms with Crippen molar-refractivity contribution in [3.8, 4) is 0 Å². The van der Waals surface area contributed by atoms with Gasteiger partial charge < -0.3 is 10.4 Å². The molecule has 0 amide bonds. The summed E-state index contributed by atoms with van der Waals surface area (Å²) in [6.07, 6.45) is 6.20. The molecule has 2 rings (SSSR count). The van der Waals surface area contributed by atoms with Gasteiger partial charge in [0.05, 0.1) is 5.60 Å². The zero-order chi connectivity index (χ0) is 14.6. The second-order valence-electron chi connectivity index (χ2n) is 5.79. The van der Waals surface area contributed by atoms with Crippen LogP contribution in [0.3, 0.4) is 0 Å². The van der Waals surface area contributed by atoms with E-state index in [-0.39, 0.29) is 6.04 Å². The number of aliphatic hydroxyl groups is 1. The summed E-state index contributed by atoms with van der Waals surface area (Å²) in [4.78, 5) is 0. The highest BCUT2D eigenvalue weighted by atomic mass is 35.5. The molecule has 1 aliphatic carbocycles. The van der Waals surface area contributed by atoms with Crippen LogP contribution in [0.2, 0.25) is 10.0 Å². The molecular formula is C16H23Cl2NO. The summed E-state index contributed by atoms with van der Waals surface area (Å²) in [5.74, 6) is 0. The minimum Gasteiger partial charge on any atom is -0.389 e. The lowest BCUT2D eigenvalue weighted by molar-refractivity contribution is 0.00248. The van der Waals surface area contributed by atoms with Crippen molar-refractivity contribution >= 4 is 23.2 Å². The van der Waals surface area contributed by atoms with Crippen LogP contribution in [-0.4, -0.2) is 17.3 Å². The Kier molecular flexibility index (Phi) is 5.74. The molecule has 0 heterocycles. The Morgan fingerprint density at radius 3 is 2.55 bits per heavy atom. The molecule has 1 atom stereocenters. The van der Waals surface area contributed by atoms with E-state index in [0.29, 0.717) is 16.6 Å². The minimum atomic E-state index is -0.551. The van der Waals surface area contributed by atoms with Gasteiger partial charge in [-0.3, -0.25) is 0 Å². The molecule has 0 aromatic heterocycles. The van der Waals surface area contributed by atoms with Crippen molar-refractivity contribution in [1.29, 1.82) is 0 Å². The van der Waals surface area contributed by atoms with Gasteiger partial charge in [0, 0.05) is 22.6 Å². The summed E-state index contributed by atoms with van der Waals surface area (Å²) >= 11 is 12.2. The molecule has 1 aromatic rings. The van der Waals surface area contributed by atoms with Crippen molar-refractivity contribution < 1.29 is 5.11 Å². The van der Waals surface area contributed by atoms with Crippen LogP contribution in [0.5, 0.6) is 0 Å². The average Bonchev–Trinajstić information content (AvgIpc) is 2.42. The Hall–Kier alpha value is -0.280. The number of halogens is 2. The van der Waals surface area contributed by atoms with E-state index in [4.69, 9.17) is 23.2 Å². The van der Waals surface area contributed by atoms with Crippen LogP contribution in [0.15, 0.2) is 18.2 Å². The summed E-state index contributed by atoms with van der Waals surface area (Å²) in [6.45, 7) is 2.75. The van der Waals surface area contributed by atoms with E-state index in [0.717, 1.165) is 37.7 Å². The van der Waals surface area contributed by atoms with Crippen molar-refractivity contribution in [2.24, 2.45) is 0 Å². The summed E-state index contributed by atoms with van der Waals surface area (Å²) in [6, 6.07) is 5.77. The lowest BCUT2D eigenvalue weighted by Crippen LogP contribution is -2.43. The maximum absolute atomic E-state index is 10.6. The highest BCUT2D eigenvalue weighted by Crippen LogP contribution is 2.31. The van der Waals surface area contributed by atoms with Crippen LogP contribution in [0.4, 0.5) is 0 Å². The number of hydrogen-bond donors (Lipinski definition) is 2. The van der Waals surface area contributed by atoms with Crippen LogP contribution >= 0.6 is 23.2 Å². The number of rotatable bonds is 5. The highest BCUT2D eigenvalue weighted by Gasteiger charge is 2.29. The number of nitrogens with one attached hydrogen (secondary N) is 1. The van der Waals surface area contributed by atoms with Gasteiger partial charge in [-0.25, -0.2) is 0 Å². The molecule has 1 unspecified atom stereocenters. The number of benzene rings is 1. The molecule has 0 spiro atoms. The molecule has 4 heteroatoms. The van der Waals surface area contributed by atoms with Gasteiger partial charge in [-0.2, -0.15) is 0 Å². The summed E-state index contributed by atoms with van der Waals surface area (Å²) in [5.41, 5.74) is 0.503. The third-order valence-electron chi connectivity index (χ3n) is 4.21. The van der Waals surface area contributed by atoms with Crippen LogP contribution < -0.4 is 5.32 Å². The third kappa shape index (κ3) is 4.11. The third-order valence-corrected chi connectivity index (χ3v) is 4.77. The van der Waals surface area contributed by atoms with Crippen LogP contribution in [-0.2, 0) is 0 Å². The molecule has 1 fully saturated rings. The SMILES string of the molecule is CCC(NCC1(O)CCCCC1)c1ccc(Cl)cc1Cl. The van der Waals surface area contributed by atoms with Gasteiger partial charge in [-0.05, 0) is 37.0 Å². The van der Waals surface area contributed by atoms with Gasteiger partial charge in [0.15, 0.2) is 0 Å². The Bertz CT molecular complexity index is 444. The molecule has 0 bridgehead atoms. The van der Waals surface area contributed by atoms with Crippen molar-refractivity contribution in [2.75, 3.05) is 6.54 Å². The minimum absolute atomic E-state index is 0.158. The summed E-state index contributed by atoms with van der Waals surface area (Å²) in [5, 5.41) is 15.4. The van der Waals surface area contributed by atoms with Gasteiger partial charge in [-0.15, -0.1) is 0 Å². The van der Waals surface area contributed by atoms with Gasteiger partial charge in [0.25, 0.3) is 0 Å². The van der Waals surface area contributed by atoms with Crippen molar-refractivity contribution in [3.05, 3.63) is 33.8 Å². The zero-order valence-electron chi connectivity index (χ0n) is 12.0. The largest absolute Gasteiger partial charge is 0.389 e. The first-order chi connectivity index (χ1) is 9.54. The Morgan fingerprint density at radius 1 is 1.25 bits per heavy atom.